The molecule has 3 rings (SSSR count). The second-order valence-electron chi connectivity index (χ2n) is 6.71. The van der Waals surface area contributed by atoms with Gasteiger partial charge < -0.3 is 16.0 Å². The monoisotopic (exact) mass is 301 g/mol. The number of carbonyl (C=O) groups is 1. The molecule has 0 bridgehead atoms. The predicted octanol–water partition coefficient (Wildman–Crippen LogP) is 3.13. The molecule has 2 fully saturated rings. The molecular formula is C18H27N3O. The van der Waals surface area contributed by atoms with Gasteiger partial charge in [-0.15, -0.1) is 0 Å². The van der Waals surface area contributed by atoms with Crippen LogP contribution in [0.1, 0.15) is 44.9 Å². The Kier molecular flexibility index (Phi) is 4.98. The fraction of sp³-hybridized carbons (Fsp3) is 0.611. The predicted molar refractivity (Wildman–Crippen MR) is 91.1 cm³/mol. The van der Waals surface area contributed by atoms with E-state index in [0.717, 1.165) is 56.1 Å². The van der Waals surface area contributed by atoms with Crippen LogP contribution >= 0.6 is 0 Å². The number of benzene rings is 1. The van der Waals surface area contributed by atoms with Gasteiger partial charge in [0.25, 0.3) is 0 Å². The first-order valence-electron chi connectivity index (χ1n) is 8.62. The van der Waals surface area contributed by atoms with Gasteiger partial charge in [0.05, 0.1) is 0 Å². The summed E-state index contributed by atoms with van der Waals surface area (Å²) in [6.07, 6.45) is 7.59. The fourth-order valence-corrected chi connectivity index (χ4v) is 3.49. The molecule has 0 aromatic heterocycles. The normalized spacial score (nSPS) is 26.0. The second-order valence-corrected chi connectivity index (χ2v) is 6.71. The minimum absolute atomic E-state index is 0.255. The highest BCUT2D eigenvalue weighted by Gasteiger charge is 2.20. The van der Waals surface area contributed by atoms with Crippen molar-refractivity contribution >= 4 is 17.3 Å². The van der Waals surface area contributed by atoms with Crippen molar-refractivity contribution in [3.8, 4) is 0 Å². The maximum atomic E-state index is 11.9. The highest BCUT2D eigenvalue weighted by molar-refractivity contribution is 5.94. The van der Waals surface area contributed by atoms with Crippen LogP contribution in [0.4, 0.5) is 11.4 Å². The lowest BCUT2D eigenvalue weighted by molar-refractivity contribution is -0.119. The molecule has 1 heterocycles. The molecule has 4 nitrogen and oxygen atoms in total. The van der Waals surface area contributed by atoms with Gasteiger partial charge in [0.2, 0.25) is 5.91 Å². The molecule has 4 heteroatoms. The standard InChI is InChI=1S/C18H27N3O/c19-15-6-4-14(5-7-15)13-20-16-8-10-17(11-9-16)21-12-2-1-3-18(21)22/h8-11,14-15,20H,1-7,12-13,19H2/t14-,15-. The molecule has 1 saturated heterocycles. The number of nitrogens with zero attached hydrogens (tertiary/aromatic N) is 1. The van der Waals surface area contributed by atoms with Crippen LogP contribution in [0.15, 0.2) is 24.3 Å². The third kappa shape index (κ3) is 3.80. The van der Waals surface area contributed by atoms with E-state index in [1.54, 1.807) is 0 Å². The van der Waals surface area contributed by atoms with Crippen LogP contribution in [-0.2, 0) is 4.79 Å². The summed E-state index contributed by atoms with van der Waals surface area (Å²) in [6, 6.07) is 8.71. The lowest BCUT2D eigenvalue weighted by atomic mass is 9.86. The van der Waals surface area contributed by atoms with E-state index >= 15 is 0 Å². The molecule has 3 N–H and O–H groups in total. The van der Waals surface area contributed by atoms with Gasteiger partial charge in [-0.25, -0.2) is 0 Å². The summed E-state index contributed by atoms with van der Waals surface area (Å²) in [5.41, 5.74) is 8.12. The van der Waals surface area contributed by atoms with E-state index in [9.17, 15) is 4.79 Å². The molecule has 0 spiro atoms. The molecule has 22 heavy (non-hydrogen) atoms. The van der Waals surface area contributed by atoms with Gasteiger partial charge in [0.15, 0.2) is 0 Å². The summed E-state index contributed by atoms with van der Waals surface area (Å²) >= 11 is 0. The molecule has 120 valence electrons. The Morgan fingerprint density at radius 3 is 2.50 bits per heavy atom. The SMILES string of the molecule is N[C@H]1CC[C@H](CNc2ccc(N3CCCCC3=O)cc2)CC1. The van der Waals surface area contributed by atoms with Crippen LogP contribution in [0.25, 0.3) is 0 Å². The smallest absolute Gasteiger partial charge is 0.226 e. The summed E-state index contributed by atoms with van der Waals surface area (Å²) in [5, 5.41) is 3.53. The maximum Gasteiger partial charge on any atom is 0.226 e. The number of nitrogens with one attached hydrogen (secondary N) is 1. The van der Waals surface area contributed by atoms with Crippen LogP contribution < -0.4 is 16.0 Å². The van der Waals surface area contributed by atoms with Crippen molar-refractivity contribution in [1.29, 1.82) is 0 Å². The Morgan fingerprint density at radius 2 is 1.82 bits per heavy atom. The second kappa shape index (κ2) is 7.14. The van der Waals surface area contributed by atoms with Crippen LogP contribution in [0.3, 0.4) is 0 Å². The molecule has 0 unspecified atom stereocenters. The van der Waals surface area contributed by atoms with E-state index < -0.39 is 0 Å². The van der Waals surface area contributed by atoms with Gasteiger partial charge in [-0.05, 0) is 68.7 Å². The molecule has 1 amide bonds. The molecule has 1 aliphatic heterocycles. The lowest BCUT2D eigenvalue weighted by Gasteiger charge is -2.27. The minimum Gasteiger partial charge on any atom is -0.385 e. The van der Waals surface area contributed by atoms with Crippen LogP contribution in [0, 0.1) is 5.92 Å². The van der Waals surface area contributed by atoms with Gasteiger partial charge in [-0.2, -0.15) is 0 Å². The number of rotatable bonds is 4. The molecule has 2 aliphatic rings. The van der Waals surface area contributed by atoms with Crippen LogP contribution in [0.2, 0.25) is 0 Å². The van der Waals surface area contributed by atoms with Gasteiger partial charge in [0, 0.05) is 36.9 Å². The zero-order chi connectivity index (χ0) is 15.4. The molecule has 1 aromatic carbocycles. The average Bonchev–Trinajstić information content (AvgIpc) is 2.55. The number of hydrogen-bond acceptors (Lipinski definition) is 3. The third-order valence-electron chi connectivity index (χ3n) is 4.99. The van der Waals surface area contributed by atoms with E-state index in [4.69, 9.17) is 5.73 Å². The largest absolute Gasteiger partial charge is 0.385 e. The Morgan fingerprint density at radius 1 is 1.09 bits per heavy atom. The summed E-state index contributed by atoms with van der Waals surface area (Å²) in [6.45, 7) is 1.88. The Labute approximate surface area is 133 Å². The van der Waals surface area contributed by atoms with Crippen LogP contribution in [0.5, 0.6) is 0 Å². The zero-order valence-corrected chi connectivity index (χ0v) is 13.3. The van der Waals surface area contributed by atoms with Crippen molar-refractivity contribution in [3.63, 3.8) is 0 Å². The number of nitrogens with two attached hydrogens (primary N) is 1. The number of hydrogen-bond donors (Lipinski definition) is 2. The molecule has 0 atom stereocenters. The van der Waals surface area contributed by atoms with E-state index in [1.165, 1.54) is 12.8 Å². The highest BCUT2D eigenvalue weighted by atomic mass is 16.2. The molecule has 0 radical (unpaired) electrons. The van der Waals surface area contributed by atoms with Gasteiger partial charge >= 0.3 is 0 Å². The number of anilines is 2. The van der Waals surface area contributed by atoms with Crippen molar-refractivity contribution in [2.75, 3.05) is 23.3 Å². The summed E-state index contributed by atoms with van der Waals surface area (Å²) < 4.78 is 0. The highest BCUT2D eigenvalue weighted by Crippen LogP contribution is 2.25. The third-order valence-corrected chi connectivity index (χ3v) is 4.99. The van der Waals surface area contributed by atoms with Gasteiger partial charge in [-0.1, -0.05) is 0 Å². The lowest BCUT2D eigenvalue weighted by Crippen LogP contribution is -2.35. The fourth-order valence-electron chi connectivity index (χ4n) is 3.49. The van der Waals surface area contributed by atoms with Crippen molar-refractivity contribution in [2.24, 2.45) is 11.7 Å². The zero-order valence-electron chi connectivity index (χ0n) is 13.3. The topological polar surface area (TPSA) is 58.4 Å². The number of carbonyl (C=O) groups excluding carboxylic acids is 1. The summed E-state index contributed by atoms with van der Waals surface area (Å²) in [4.78, 5) is 13.9. The first-order valence-corrected chi connectivity index (χ1v) is 8.62. The van der Waals surface area contributed by atoms with Gasteiger partial charge in [0.1, 0.15) is 0 Å². The van der Waals surface area contributed by atoms with E-state index in [2.05, 4.69) is 29.6 Å². The maximum absolute atomic E-state index is 11.9. The van der Waals surface area contributed by atoms with E-state index in [0.29, 0.717) is 12.5 Å². The van der Waals surface area contributed by atoms with Gasteiger partial charge in [-0.3, -0.25) is 4.79 Å². The minimum atomic E-state index is 0.255. The molecule has 1 aromatic rings. The van der Waals surface area contributed by atoms with Crippen molar-refractivity contribution in [1.82, 2.24) is 0 Å². The first-order chi connectivity index (χ1) is 10.7. The Balaban J connectivity index is 1.52. The molecule has 1 saturated carbocycles. The Bertz CT molecular complexity index is 492. The Hall–Kier alpha value is -1.55. The number of amides is 1. The summed E-state index contributed by atoms with van der Waals surface area (Å²) in [5.74, 6) is 0.994. The van der Waals surface area contributed by atoms with Crippen molar-refractivity contribution < 1.29 is 4.79 Å². The van der Waals surface area contributed by atoms with E-state index in [1.807, 2.05) is 4.90 Å². The van der Waals surface area contributed by atoms with Crippen molar-refractivity contribution in [3.05, 3.63) is 24.3 Å². The molecule has 1 aliphatic carbocycles. The molecular weight excluding hydrogens is 274 g/mol. The first kappa shape index (κ1) is 15.3. The van der Waals surface area contributed by atoms with Crippen molar-refractivity contribution in [2.45, 2.75) is 51.0 Å². The quantitative estimate of drug-likeness (QED) is 0.898. The van der Waals surface area contributed by atoms with E-state index in [-0.39, 0.29) is 5.91 Å². The number of piperidine rings is 1. The van der Waals surface area contributed by atoms with Crippen LogP contribution in [-0.4, -0.2) is 25.0 Å². The average molecular weight is 301 g/mol. The summed E-state index contributed by atoms with van der Waals surface area (Å²) in [7, 11) is 0.